The van der Waals surface area contributed by atoms with Crippen LogP contribution in [0.3, 0.4) is 0 Å². The van der Waals surface area contributed by atoms with E-state index in [4.69, 9.17) is 14.5 Å². The Balaban J connectivity index is 1.45. The lowest BCUT2D eigenvalue weighted by Gasteiger charge is -2.13. The van der Waals surface area contributed by atoms with Gasteiger partial charge in [0.25, 0.3) is 5.91 Å². The number of likely N-dealkylation sites (tertiary alicyclic amines) is 1. The Morgan fingerprint density at radius 2 is 1.97 bits per heavy atom. The first-order valence-corrected chi connectivity index (χ1v) is 12.4. The standard InChI is InChI=1S/C29H28N6O4/c1-18-32-23-17-31-26(20-7-5-6-19(14-20)10-11-29(37)12-13-35(2)28(29)36)34-25(23)27(33-18)30-16-21-8-9-22(38-3)15-24(21)39-4/h5-9,14-15,17,37H,12-13,16H2,1-4H3,(H,30,32,33)/t29-/m0/s1. The van der Waals surface area contributed by atoms with Gasteiger partial charge in [-0.05, 0) is 31.2 Å². The molecule has 198 valence electrons. The van der Waals surface area contributed by atoms with E-state index in [0.717, 1.165) is 11.1 Å². The number of methoxy groups -OCH3 is 2. The molecule has 3 heterocycles. The number of nitrogens with zero attached hydrogens (tertiary/aromatic N) is 5. The van der Waals surface area contributed by atoms with Gasteiger partial charge >= 0.3 is 0 Å². The van der Waals surface area contributed by atoms with E-state index in [1.165, 1.54) is 4.90 Å². The highest BCUT2D eigenvalue weighted by Gasteiger charge is 2.42. The van der Waals surface area contributed by atoms with Crippen molar-refractivity contribution in [2.24, 2.45) is 0 Å². The van der Waals surface area contributed by atoms with Gasteiger partial charge in [-0.25, -0.2) is 19.9 Å². The van der Waals surface area contributed by atoms with Crippen molar-refractivity contribution in [3.8, 4) is 34.7 Å². The molecule has 0 radical (unpaired) electrons. The van der Waals surface area contributed by atoms with Crippen LogP contribution in [0.25, 0.3) is 22.4 Å². The second-order valence-corrected chi connectivity index (χ2v) is 9.25. The maximum absolute atomic E-state index is 12.2. The SMILES string of the molecule is COc1ccc(CNc2nc(C)nc3cnc(-c4cccc(C#C[C@]5(O)CCN(C)C5=O)c4)nc23)c(OC)c1. The van der Waals surface area contributed by atoms with Crippen LogP contribution in [-0.2, 0) is 11.3 Å². The van der Waals surface area contributed by atoms with Crippen molar-refractivity contribution in [3.05, 3.63) is 65.6 Å². The molecule has 0 spiro atoms. The summed E-state index contributed by atoms with van der Waals surface area (Å²) in [6.45, 7) is 2.73. The monoisotopic (exact) mass is 524 g/mol. The van der Waals surface area contributed by atoms with Gasteiger partial charge in [-0.2, -0.15) is 0 Å². The molecule has 5 rings (SSSR count). The third-order valence-corrected chi connectivity index (χ3v) is 6.53. The lowest BCUT2D eigenvalue weighted by molar-refractivity contribution is -0.137. The summed E-state index contributed by atoms with van der Waals surface area (Å²) in [6, 6.07) is 13.0. The molecule has 2 aromatic heterocycles. The van der Waals surface area contributed by atoms with E-state index in [0.29, 0.717) is 58.7 Å². The number of anilines is 1. The normalized spacial score (nSPS) is 16.6. The summed E-state index contributed by atoms with van der Waals surface area (Å²) >= 11 is 0. The number of hydrogen-bond donors (Lipinski definition) is 2. The van der Waals surface area contributed by atoms with Crippen LogP contribution < -0.4 is 14.8 Å². The van der Waals surface area contributed by atoms with Crippen molar-refractivity contribution in [2.75, 3.05) is 33.1 Å². The van der Waals surface area contributed by atoms with Crippen molar-refractivity contribution in [2.45, 2.75) is 25.5 Å². The zero-order valence-corrected chi connectivity index (χ0v) is 22.1. The number of aliphatic hydroxyl groups is 1. The van der Waals surface area contributed by atoms with E-state index >= 15 is 0 Å². The largest absolute Gasteiger partial charge is 0.497 e. The van der Waals surface area contributed by atoms with Gasteiger partial charge in [-0.3, -0.25) is 4.79 Å². The molecule has 1 saturated heterocycles. The van der Waals surface area contributed by atoms with Gasteiger partial charge in [0.15, 0.2) is 11.6 Å². The number of fused-ring (bicyclic) bond motifs is 1. The summed E-state index contributed by atoms with van der Waals surface area (Å²) in [4.78, 5) is 32.1. The minimum Gasteiger partial charge on any atom is -0.497 e. The molecule has 1 aliphatic heterocycles. The van der Waals surface area contributed by atoms with Crippen LogP contribution in [-0.4, -0.2) is 69.3 Å². The Hall–Kier alpha value is -4.75. The van der Waals surface area contributed by atoms with Crippen LogP contribution in [0.5, 0.6) is 11.5 Å². The van der Waals surface area contributed by atoms with Gasteiger partial charge in [0.05, 0.1) is 20.4 Å². The first-order valence-electron chi connectivity index (χ1n) is 12.4. The van der Waals surface area contributed by atoms with E-state index in [2.05, 4.69) is 32.1 Å². The Morgan fingerprint density at radius 1 is 1.13 bits per heavy atom. The number of aryl methyl sites for hydroxylation is 1. The van der Waals surface area contributed by atoms with Gasteiger partial charge < -0.3 is 24.8 Å². The van der Waals surface area contributed by atoms with Crippen molar-refractivity contribution in [1.29, 1.82) is 0 Å². The molecular formula is C29H28N6O4. The van der Waals surface area contributed by atoms with Crippen LogP contribution in [0.15, 0.2) is 48.7 Å². The van der Waals surface area contributed by atoms with Gasteiger partial charge in [-0.1, -0.05) is 24.0 Å². The predicted octanol–water partition coefficient (Wildman–Crippen LogP) is 2.97. The minimum absolute atomic E-state index is 0.278. The maximum atomic E-state index is 12.2. The predicted molar refractivity (Wildman–Crippen MR) is 146 cm³/mol. The van der Waals surface area contributed by atoms with Crippen LogP contribution in [0, 0.1) is 18.8 Å². The molecule has 39 heavy (non-hydrogen) atoms. The average Bonchev–Trinajstić information content (AvgIpc) is 3.22. The summed E-state index contributed by atoms with van der Waals surface area (Å²) in [6.07, 6.45) is 1.94. The van der Waals surface area contributed by atoms with Gasteiger partial charge in [0, 0.05) is 49.3 Å². The first kappa shape index (κ1) is 25.9. The number of carbonyl (C=O) groups excluding carboxylic acids is 1. The van der Waals surface area contributed by atoms with Crippen molar-refractivity contribution < 1.29 is 19.4 Å². The molecule has 2 N–H and O–H groups in total. The molecule has 2 aromatic carbocycles. The maximum Gasteiger partial charge on any atom is 0.267 e. The zero-order valence-electron chi connectivity index (χ0n) is 22.1. The topological polar surface area (TPSA) is 123 Å². The lowest BCUT2D eigenvalue weighted by Crippen LogP contribution is -2.37. The minimum atomic E-state index is -1.66. The molecule has 0 bridgehead atoms. The second-order valence-electron chi connectivity index (χ2n) is 9.25. The van der Waals surface area contributed by atoms with Gasteiger partial charge in [0.1, 0.15) is 28.4 Å². The number of hydrogen-bond acceptors (Lipinski definition) is 9. The van der Waals surface area contributed by atoms with E-state index in [-0.39, 0.29) is 12.3 Å². The number of likely N-dealkylation sites (N-methyl/N-ethyl adjacent to an activating group) is 1. The molecular weight excluding hydrogens is 496 g/mol. The van der Waals surface area contributed by atoms with Crippen LogP contribution in [0.2, 0.25) is 0 Å². The number of carbonyl (C=O) groups is 1. The highest BCUT2D eigenvalue weighted by atomic mass is 16.5. The summed E-state index contributed by atoms with van der Waals surface area (Å²) in [5.41, 5.74) is 1.82. The summed E-state index contributed by atoms with van der Waals surface area (Å²) < 4.78 is 10.8. The molecule has 1 amide bonds. The van der Waals surface area contributed by atoms with Gasteiger partial charge in [-0.15, -0.1) is 0 Å². The number of ether oxygens (including phenoxy) is 2. The summed E-state index contributed by atoms with van der Waals surface area (Å²) in [5, 5.41) is 14.0. The second kappa shape index (κ2) is 10.6. The Kier molecular flexibility index (Phi) is 7.00. The molecule has 1 aliphatic rings. The Morgan fingerprint density at radius 3 is 2.72 bits per heavy atom. The number of rotatable bonds is 6. The zero-order chi connectivity index (χ0) is 27.6. The Bertz CT molecular complexity index is 1630. The lowest BCUT2D eigenvalue weighted by atomic mass is 10.0. The smallest absolute Gasteiger partial charge is 0.267 e. The molecule has 10 heteroatoms. The quantitative estimate of drug-likeness (QED) is 0.367. The third kappa shape index (κ3) is 5.30. The summed E-state index contributed by atoms with van der Waals surface area (Å²) in [5.74, 6) is 8.34. The highest BCUT2D eigenvalue weighted by molar-refractivity contribution is 5.90. The molecule has 1 atom stereocenters. The highest BCUT2D eigenvalue weighted by Crippen LogP contribution is 2.27. The number of nitrogens with one attached hydrogen (secondary N) is 1. The van der Waals surface area contributed by atoms with Crippen LogP contribution in [0.1, 0.15) is 23.4 Å². The van der Waals surface area contributed by atoms with E-state index < -0.39 is 5.60 Å². The molecule has 0 unspecified atom stereocenters. The fourth-order valence-electron chi connectivity index (χ4n) is 4.37. The first-order chi connectivity index (χ1) is 18.8. The molecule has 0 aliphatic carbocycles. The fraction of sp³-hybridized carbons (Fsp3) is 0.276. The van der Waals surface area contributed by atoms with E-state index in [9.17, 15) is 9.90 Å². The van der Waals surface area contributed by atoms with Crippen LogP contribution >= 0.6 is 0 Å². The fourth-order valence-corrected chi connectivity index (χ4v) is 4.37. The molecule has 0 saturated carbocycles. The molecule has 1 fully saturated rings. The van der Waals surface area contributed by atoms with Crippen molar-refractivity contribution in [3.63, 3.8) is 0 Å². The van der Waals surface area contributed by atoms with Crippen molar-refractivity contribution >= 4 is 22.8 Å². The number of amides is 1. The number of benzene rings is 2. The van der Waals surface area contributed by atoms with E-state index in [1.807, 2.05) is 49.4 Å². The molecule has 4 aromatic rings. The van der Waals surface area contributed by atoms with Gasteiger partial charge in [0.2, 0.25) is 5.60 Å². The Labute approximate surface area is 226 Å². The third-order valence-electron chi connectivity index (χ3n) is 6.53. The van der Waals surface area contributed by atoms with E-state index in [1.54, 1.807) is 27.5 Å². The van der Waals surface area contributed by atoms with Crippen molar-refractivity contribution in [1.82, 2.24) is 24.8 Å². The average molecular weight is 525 g/mol. The van der Waals surface area contributed by atoms with Crippen LogP contribution in [0.4, 0.5) is 5.82 Å². The number of aromatic nitrogens is 4. The molecule has 10 nitrogen and oxygen atoms in total. The summed E-state index contributed by atoms with van der Waals surface area (Å²) in [7, 11) is 4.88.